The van der Waals surface area contributed by atoms with Crippen LogP contribution >= 0.6 is 15.9 Å². The van der Waals surface area contributed by atoms with E-state index in [-0.39, 0.29) is 0 Å². The Morgan fingerprint density at radius 2 is 2.36 bits per heavy atom. The Bertz CT molecular complexity index is 372. The highest BCUT2D eigenvalue weighted by Crippen LogP contribution is 2.22. The molecule has 0 saturated carbocycles. The van der Waals surface area contributed by atoms with Gasteiger partial charge in [0.2, 0.25) is 0 Å². The predicted molar refractivity (Wildman–Crippen MR) is 62.1 cm³/mol. The number of aromatic nitrogens is 1. The zero-order valence-corrected chi connectivity index (χ0v) is 9.76. The summed E-state index contributed by atoms with van der Waals surface area (Å²) >= 11 is 3.46. The summed E-state index contributed by atoms with van der Waals surface area (Å²) in [5, 5.41) is 3.30. The fourth-order valence-electron chi connectivity index (χ4n) is 1.57. The number of halogens is 1. The van der Waals surface area contributed by atoms with Crippen LogP contribution in [0.3, 0.4) is 0 Å². The van der Waals surface area contributed by atoms with Crippen molar-refractivity contribution in [1.29, 1.82) is 0 Å². The van der Waals surface area contributed by atoms with Crippen LogP contribution in [0.5, 0.6) is 0 Å². The molecule has 0 aromatic carbocycles. The van der Waals surface area contributed by atoms with Gasteiger partial charge in [-0.3, -0.25) is 4.98 Å². The van der Waals surface area contributed by atoms with Crippen molar-refractivity contribution in [2.24, 2.45) is 0 Å². The lowest BCUT2D eigenvalue weighted by molar-refractivity contribution is 0.736. The maximum atomic E-state index is 4.42. The zero-order valence-electron chi connectivity index (χ0n) is 8.18. The first-order valence-electron chi connectivity index (χ1n) is 4.79. The SMILES string of the molecule is Cc1cc(C2=CCNCC2)ncc1Br. The summed E-state index contributed by atoms with van der Waals surface area (Å²) in [5.41, 5.74) is 3.72. The van der Waals surface area contributed by atoms with Gasteiger partial charge in [0, 0.05) is 17.2 Å². The minimum absolute atomic E-state index is 0.964. The van der Waals surface area contributed by atoms with Gasteiger partial charge in [-0.25, -0.2) is 0 Å². The second-order valence-corrected chi connectivity index (χ2v) is 4.36. The first kappa shape index (κ1) is 9.87. The van der Waals surface area contributed by atoms with Crippen LogP contribution in [0.2, 0.25) is 0 Å². The summed E-state index contributed by atoms with van der Waals surface area (Å²) in [5.74, 6) is 0. The van der Waals surface area contributed by atoms with E-state index in [0.717, 1.165) is 29.7 Å². The van der Waals surface area contributed by atoms with E-state index >= 15 is 0 Å². The number of hydrogen-bond donors (Lipinski definition) is 1. The van der Waals surface area contributed by atoms with Crippen molar-refractivity contribution < 1.29 is 0 Å². The summed E-state index contributed by atoms with van der Waals surface area (Å²) in [6.45, 7) is 4.12. The van der Waals surface area contributed by atoms with Gasteiger partial charge in [-0.1, -0.05) is 6.08 Å². The Balaban J connectivity index is 2.32. The molecule has 1 N–H and O–H groups in total. The number of rotatable bonds is 1. The lowest BCUT2D eigenvalue weighted by atomic mass is 10.0. The minimum atomic E-state index is 0.964. The molecule has 1 aliphatic heterocycles. The van der Waals surface area contributed by atoms with Crippen molar-refractivity contribution in [3.05, 3.63) is 34.1 Å². The molecule has 2 nitrogen and oxygen atoms in total. The Hall–Kier alpha value is -0.670. The maximum absolute atomic E-state index is 4.42. The van der Waals surface area contributed by atoms with Gasteiger partial charge < -0.3 is 5.32 Å². The third-order valence-corrected chi connectivity index (χ3v) is 3.27. The van der Waals surface area contributed by atoms with Crippen molar-refractivity contribution in [1.82, 2.24) is 10.3 Å². The molecule has 2 heterocycles. The highest BCUT2D eigenvalue weighted by atomic mass is 79.9. The monoisotopic (exact) mass is 252 g/mol. The van der Waals surface area contributed by atoms with E-state index in [1.165, 1.54) is 11.1 Å². The third-order valence-electron chi connectivity index (χ3n) is 2.44. The molecule has 0 bridgehead atoms. The average Bonchev–Trinajstić information content (AvgIpc) is 2.23. The molecule has 0 radical (unpaired) electrons. The molecule has 1 aromatic heterocycles. The van der Waals surface area contributed by atoms with Crippen LogP contribution in [0.4, 0.5) is 0 Å². The smallest absolute Gasteiger partial charge is 0.0662 e. The van der Waals surface area contributed by atoms with Gasteiger partial charge in [-0.2, -0.15) is 0 Å². The van der Waals surface area contributed by atoms with Gasteiger partial charge in [-0.15, -0.1) is 0 Å². The molecular weight excluding hydrogens is 240 g/mol. The normalized spacial score (nSPS) is 16.6. The molecule has 0 aliphatic carbocycles. The Kier molecular flexibility index (Phi) is 2.99. The largest absolute Gasteiger partial charge is 0.313 e. The van der Waals surface area contributed by atoms with E-state index in [0.29, 0.717) is 0 Å². The fraction of sp³-hybridized carbons (Fsp3) is 0.364. The number of nitrogens with zero attached hydrogens (tertiary/aromatic N) is 1. The summed E-state index contributed by atoms with van der Waals surface area (Å²) in [7, 11) is 0. The van der Waals surface area contributed by atoms with E-state index in [4.69, 9.17) is 0 Å². The van der Waals surface area contributed by atoms with Crippen molar-refractivity contribution in [2.45, 2.75) is 13.3 Å². The second kappa shape index (κ2) is 4.24. The summed E-state index contributed by atoms with van der Waals surface area (Å²) in [6.07, 6.45) is 5.18. The molecule has 0 spiro atoms. The quantitative estimate of drug-likeness (QED) is 0.831. The molecule has 0 fully saturated rings. The molecule has 14 heavy (non-hydrogen) atoms. The standard InChI is InChI=1S/C11H13BrN2/c1-8-6-11(14-7-10(8)12)9-2-4-13-5-3-9/h2,6-7,13H,3-5H2,1H3. The molecular formula is C11H13BrN2. The average molecular weight is 253 g/mol. The lowest BCUT2D eigenvalue weighted by Gasteiger charge is -2.13. The molecule has 1 aromatic rings. The summed E-state index contributed by atoms with van der Waals surface area (Å²) in [4.78, 5) is 4.42. The number of pyridine rings is 1. The molecule has 2 rings (SSSR count). The minimum Gasteiger partial charge on any atom is -0.313 e. The van der Waals surface area contributed by atoms with Crippen LogP contribution in [0.1, 0.15) is 17.7 Å². The number of nitrogens with one attached hydrogen (secondary N) is 1. The van der Waals surface area contributed by atoms with E-state index in [1.54, 1.807) is 0 Å². The Morgan fingerprint density at radius 3 is 3.00 bits per heavy atom. The van der Waals surface area contributed by atoms with E-state index < -0.39 is 0 Å². The van der Waals surface area contributed by atoms with Crippen LogP contribution in [0.25, 0.3) is 5.57 Å². The van der Waals surface area contributed by atoms with Crippen LogP contribution < -0.4 is 5.32 Å². The zero-order chi connectivity index (χ0) is 9.97. The number of aryl methyl sites for hydroxylation is 1. The number of hydrogen-bond acceptors (Lipinski definition) is 2. The molecule has 3 heteroatoms. The van der Waals surface area contributed by atoms with Gasteiger partial charge in [0.15, 0.2) is 0 Å². The lowest BCUT2D eigenvalue weighted by Crippen LogP contribution is -2.20. The Labute approximate surface area is 92.6 Å². The van der Waals surface area contributed by atoms with Gasteiger partial charge >= 0.3 is 0 Å². The first-order valence-corrected chi connectivity index (χ1v) is 5.59. The topological polar surface area (TPSA) is 24.9 Å². The molecule has 0 atom stereocenters. The van der Waals surface area contributed by atoms with Gasteiger partial charge in [0.25, 0.3) is 0 Å². The fourth-order valence-corrected chi connectivity index (χ4v) is 1.79. The van der Waals surface area contributed by atoms with Gasteiger partial charge in [-0.05, 0) is 53.0 Å². The van der Waals surface area contributed by atoms with E-state index in [1.807, 2.05) is 6.20 Å². The summed E-state index contributed by atoms with van der Waals surface area (Å²) < 4.78 is 1.08. The van der Waals surface area contributed by atoms with Crippen LogP contribution in [0.15, 0.2) is 22.8 Å². The van der Waals surface area contributed by atoms with Crippen molar-refractivity contribution in [2.75, 3.05) is 13.1 Å². The molecule has 1 aliphatic rings. The van der Waals surface area contributed by atoms with E-state index in [2.05, 4.69) is 45.3 Å². The van der Waals surface area contributed by atoms with Gasteiger partial charge in [0.05, 0.1) is 5.69 Å². The van der Waals surface area contributed by atoms with Crippen molar-refractivity contribution in [3.8, 4) is 0 Å². The maximum Gasteiger partial charge on any atom is 0.0662 e. The molecule has 74 valence electrons. The second-order valence-electron chi connectivity index (χ2n) is 3.50. The van der Waals surface area contributed by atoms with Crippen molar-refractivity contribution >= 4 is 21.5 Å². The molecule has 0 amide bonds. The highest BCUT2D eigenvalue weighted by molar-refractivity contribution is 9.10. The first-order chi connectivity index (χ1) is 6.77. The van der Waals surface area contributed by atoms with E-state index in [9.17, 15) is 0 Å². The Morgan fingerprint density at radius 1 is 1.50 bits per heavy atom. The van der Waals surface area contributed by atoms with Crippen LogP contribution in [-0.4, -0.2) is 18.1 Å². The summed E-state index contributed by atoms with van der Waals surface area (Å²) in [6, 6.07) is 2.14. The van der Waals surface area contributed by atoms with Crippen molar-refractivity contribution in [3.63, 3.8) is 0 Å². The third kappa shape index (κ3) is 2.04. The van der Waals surface area contributed by atoms with Crippen LogP contribution in [-0.2, 0) is 0 Å². The highest BCUT2D eigenvalue weighted by Gasteiger charge is 2.07. The molecule has 0 saturated heterocycles. The predicted octanol–water partition coefficient (Wildman–Crippen LogP) is 2.53. The molecule has 0 unspecified atom stereocenters. The van der Waals surface area contributed by atoms with Crippen LogP contribution in [0, 0.1) is 6.92 Å². The van der Waals surface area contributed by atoms with Gasteiger partial charge in [0.1, 0.15) is 0 Å².